The molecule has 1 aromatic carbocycles. The Morgan fingerprint density at radius 2 is 1.92 bits per heavy atom. The highest BCUT2D eigenvalue weighted by Crippen LogP contribution is 2.36. The van der Waals surface area contributed by atoms with Crippen molar-refractivity contribution in [3.63, 3.8) is 0 Å². The molecule has 1 saturated heterocycles. The summed E-state index contributed by atoms with van der Waals surface area (Å²) in [6.07, 6.45) is -5.83. The molecule has 2 rings (SSSR count). The van der Waals surface area contributed by atoms with Gasteiger partial charge in [-0.15, -0.1) is 0 Å². The van der Waals surface area contributed by atoms with Crippen LogP contribution in [0.3, 0.4) is 0 Å². The molecule has 0 spiro atoms. The summed E-state index contributed by atoms with van der Waals surface area (Å²) < 4.78 is 56.9. The van der Waals surface area contributed by atoms with Crippen molar-refractivity contribution in [1.82, 2.24) is 4.90 Å². The Bertz CT molecular complexity index is 753. The summed E-state index contributed by atoms with van der Waals surface area (Å²) >= 11 is 5.81. The van der Waals surface area contributed by atoms with Gasteiger partial charge in [0.15, 0.2) is 0 Å². The third-order valence-electron chi connectivity index (χ3n) is 3.64. The highest BCUT2D eigenvalue weighted by molar-refractivity contribution is 6.35. The molecule has 1 atom stereocenters. The minimum Gasteiger partial charge on any atom is -0.465 e. The van der Waals surface area contributed by atoms with Gasteiger partial charge in [0, 0.05) is 7.05 Å². The molecule has 1 aliphatic rings. The average molecular weight is 383 g/mol. The molecule has 1 unspecified atom stereocenters. The van der Waals surface area contributed by atoms with Crippen LogP contribution in [0.25, 0.3) is 0 Å². The summed E-state index contributed by atoms with van der Waals surface area (Å²) in [5, 5.41) is -0.425. The van der Waals surface area contributed by atoms with E-state index >= 15 is 0 Å². The van der Waals surface area contributed by atoms with E-state index in [1.807, 2.05) is 0 Å². The normalized spacial score (nSPS) is 18.6. The van der Waals surface area contributed by atoms with Gasteiger partial charge in [0.05, 0.1) is 29.8 Å². The Morgan fingerprint density at radius 3 is 2.44 bits per heavy atom. The van der Waals surface area contributed by atoms with Gasteiger partial charge >= 0.3 is 18.2 Å². The molecule has 1 aliphatic heterocycles. The van der Waals surface area contributed by atoms with Crippen LogP contribution in [0.5, 0.6) is 0 Å². The number of methoxy groups -OCH3 is 1. The van der Waals surface area contributed by atoms with Crippen molar-refractivity contribution < 1.29 is 36.7 Å². The number of hydrogen-bond acceptors (Lipinski definition) is 4. The number of nitrogens with zero attached hydrogens (tertiary/aromatic N) is 2. The molecule has 3 amide bonds. The first kappa shape index (κ1) is 19.0. The van der Waals surface area contributed by atoms with Gasteiger partial charge in [-0.25, -0.2) is 18.9 Å². The number of amides is 3. The number of urea groups is 1. The van der Waals surface area contributed by atoms with Crippen LogP contribution in [0.2, 0.25) is 5.02 Å². The van der Waals surface area contributed by atoms with E-state index in [0.717, 1.165) is 20.2 Å². The van der Waals surface area contributed by atoms with Gasteiger partial charge in [-0.1, -0.05) is 11.6 Å². The number of carbonyl (C=O) groups is 3. The Kier molecular flexibility index (Phi) is 4.94. The predicted molar refractivity (Wildman–Crippen MR) is 77.9 cm³/mol. The van der Waals surface area contributed by atoms with E-state index in [1.165, 1.54) is 0 Å². The summed E-state index contributed by atoms with van der Waals surface area (Å²) in [7, 11) is 1.85. The molecule has 11 heteroatoms. The highest BCUT2D eigenvalue weighted by atomic mass is 35.5. The van der Waals surface area contributed by atoms with Crippen molar-refractivity contribution in [2.24, 2.45) is 0 Å². The van der Waals surface area contributed by atoms with Crippen LogP contribution in [-0.2, 0) is 9.53 Å². The summed E-state index contributed by atoms with van der Waals surface area (Å²) in [6.45, 7) is 0. The Labute approximate surface area is 143 Å². The third kappa shape index (κ3) is 3.39. The molecule has 6 nitrogen and oxygen atoms in total. The number of halogens is 5. The molecule has 1 fully saturated rings. The molecule has 0 bridgehead atoms. The van der Waals surface area contributed by atoms with Crippen LogP contribution in [0.4, 0.5) is 28.0 Å². The molecule has 0 N–H and O–H groups in total. The van der Waals surface area contributed by atoms with Crippen molar-refractivity contribution in [2.75, 3.05) is 19.1 Å². The SMILES string of the molecule is COC(=O)c1cc(N2C(=O)CC(C(F)(F)F)N(C)C2=O)c(Cl)cc1F. The van der Waals surface area contributed by atoms with Crippen molar-refractivity contribution in [3.05, 3.63) is 28.5 Å². The lowest BCUT2D eigenvalue weighted by Gasteiger charge is -2.38. The van der Waals surface area contributed by atoms with Crippen LogP contribution in [-0.4, -0.2) is 49.2 Å². The van der Waals surface area contributed by atoms with Gasteiger partial charge in [-0.3, -0.25) is 4.79 Å². The minimum absolute atomic E-state index is 0.332. The van der Waals surface area contributed by atoms with Gasteiger partial charge in [0.2, 0.25) is 5.91 Å². The zero-order valence-corrected chi connectivity index (χ0v) is 13.6. The van der Waals surface area contributed by atoms with E-state index in [1.54, 1.807) is 0 Å². The first-order chi connectivity index (χ1) is 11.5. The summed E-state index contributed by atoms with van der Waals surface area (Å²) in [5.74, 6) is -3.36. The van der Waals surface area contributed by atoms with Gasteiger partial charge in [0.1, 0.15) is 11.9 Å². The van der Waals surface area contributed by atoms with Crippen molar-refractivity contribution in [1.29, 1.82) is 0 Å². The molecule has 0 saturated carbocycles. The quantitative estimate of drug-likeness (QED) is 0.582. The third-order valence-corrected chi connectivity index (χ3v) is 3.94. The number of esters is 1. The first-order valence-electron chi connectivity index (χ1n) is 6.72. The number of ether oxygens (including phenoxy) is 1. The molecular formula is C14H11ClF4N2O4. The van der Waals surface area contributed by atoms with Crippen LogP contribution in [0.1, 0.15) is 16.8 Å². The van der Waals surface area contributed by atoms with Gasteiger partial charge < -0.3 is 9.64 Å². The number of imide groups is 1. The largest absolute Gasteiger partial charge is 0.465 e. The first-order valence-corrected chi connectivity index (χ1v) is 7.10. The number of anilines is 1. The van der Waals surface area contributed by atoms with Crippen molar-refractivity contribution >= 4 is 35.2 Å². The van der Waals surface area contributed by atoms with Gasteiger partial charge in [-0.2, -0.15) is 13.2 Å². The molecule has 0 aromatic heterocycles. The summed E-state index contributed by atoms with van der Waals surface area (Å²) in [5.41, 5.74) is -1.03. The number of hydrogen-bond donors (Lipinski definition) is 0. The Morgan fingerprint density at radius 1 is 1.32 bits per heavy atom. The van der Waals surface area contributed by atoms with Gasteiger partial charge in [0.25, 0.3) is 0 Å². The molecule has 0 aliphatic carbocycles. The van der Waals surface area contributed by atoms with E-state index < -0.39 is 58.6 Å². The van der Waals surface area contributed by atoms with E-state index in [2.05, 4.69) is 4.74 Å². The number of rotatable bonds is 2. The fraction of sp³-hybridized carbons (Fsp3) is 0.357. The second-order valence-electron chi connectivity index (χ2n) is 5.16. The fourth-order valence-corrected chi connectivity index (χ4v) is 2.57. The minimum atomic E-state index is -4.80. The monoisotopic (exact) mass is 382 g/mol. The smallest absolute Gasteiger partial charge is 0.409 e. The van der Waals surface area contributed by atoms with E-state index in [-0.39, 0.29) is 0 Å². The maximum absolute atomic E-state index is 13.8. The summed E-state index contributed by atoms with van der Waals surface area (Å²) in [6, 6.07) is -2.15. The molecule has 136 valence electrons. The second kappa shape index (κ2) is 6.51. The average Bonchev–Trinajstić information content (AvgIpc) is 2.51. The maximum Gasteiger partial charge on any atom is 0.409 e. The molecule has 0 radical (unpaired) electrons. The van der Waals surface area contributed by atoms with E-state index in [9.17, 15) is 31.9 Å². The zero-order chi connectivity index (χ0) is 19.1. The number of carbonyl (C=O) groups excluding carboxylic acids is 3. The Hall–Kier alpha value is -2.36. The van der Waals surface area contributed by atoms with Gasteiger partial charge in [-0.05, 0) is 12.1 Å². The van der Waals surface area contributed by atoms with Crippen molar-refractivity contribution in [3.8, 4) is 0 Å². The topological polar surface area (TPSA) is 66.9 Å². The second-order valence-corrected chi connectivity index (χ2v) is 5.57. The fourth-order valence-electron chi connectivity index (χ4n) is 2.34. The van der Waals surface area contributed by atoms with Crippen molar-refractivity contribution in [2.45, 2.75) is 18.6 Å². The lowest BCUT2D eigenvalue weighted by atomic mass is 10.1. The molecule has 1 heterocycles. The zero-order valence-electron chi connectivity index (χ0n) is 12.9. The highest BCUT2D eigenvalue weighted by Gasteiger charge is 2.51. The van der Waals surface area contributed by atoms with E-state index in [0.29, 0.717) is 15.9 Å². The number of alkyl halides is 3. The lowest BCUT2D eigenvalue weighted by Crippen LogP contribution is -2.60. The van der Waals surface area contributed by atoms with Crippen LogP contribution < -0.4 is 4.90 Å². The maximum atomic E-state index is 13.8. The summed E-state index contributed by atoms with van der Waals surface area (Å²) in [4.78, 5) is 36.6. The van der Waals surface area contributed by atoms with Crippen LogP contribution in [0.15, 0.2) is 12.1 Å². The Balaban J connectivity index is 2.50. The molecular weight excluding hydrogens is 372 g/mol. The van der Waals surface area contributed by atoms with E-state index in [4.69, 9.17) is 11.6 Å². The number of benzene rings is 1. The van der Waals surface area contributed by atoms with Crippen LogP contribution >= 0.6 is 11.6 Å². The lowest BCUT2D eigenvalue weighted by molar-refractivity contribution is -0.179. The predicted octanol–water partition coefficient (Wildman–Crippen LogP) is 2.99. The standard InChI is InChI=1S/C14H11ClF4N2O4/c1-20-10(14(17,18)19)5-11(22)21(13(20)24)9-3-6(12(23)25-2)8(16)4-7(9)15/h3-4,10H,5H2,1-2H3. The van der Waals surface area contributed by atoms with Crippen LogP contribution in [0, 0.1) is 5.82 Å². The molecule has 25 heavy (non-hydrogen) atoms. The molecule has 1 aromatic rings.